The van der Waals surface area contributed by atoms with Crippen LogP contribution < -0.4 is 0 Å². The van der Waals surface area contributed by atoms with Gasteiger partial charge in [0.1, 0.15) is 0 Å². The highest BCUT2D eigenvalue weighted by Gasteiger charge is 2.09. The van der Waals surface area contributed by atoms with Gasteiger partial charge in [-0.25, -0.2) is 4.68 Å². The molecule has 0 atom stereocenters. The fraction of sp³-hybridized carbons (Fsp3) is 0.667. The Hall–Kier alpha value is -1.37. The van der Waals surface area contributed by atoms with Crippen LogP contribution in [0.5, 0.6) is 0 Å². The first kappa shape index (κ1) is 9.72. The van der Waals surface area contributed by atoms with Gasteiger partial charge < -0.3 is 0 Å². The largest absolute Gasteiger partial charge is 0.249 e. The summed E-state index contributed by atoms with van der Waals surface area (Å²) in [5, 5.41) is 16.5. The van der Waals surface area contributed by atoms with Gasteiger partial charge >= 0.3 is 0 Å². The maximum absolute atomic E-state index is 8.55. The molecule has 0 bridgehead atoms. The lowest BCUT2D eigenvalue weighted by atomic mass is 10.2. The SMILES string of the molecule is CCCn1nnc(CC#N)c1CC. The van der Waals surface area contributed by atoms with Crippen LogP contribution in [0.4, 0.5) is 0 Å². The molecule has 0 aromatic carbocycles. The highest BCUT2D eigenvalue weighted by Crippen LogP contribution is 2.07. The number of aromatic nitrogens is 3. The Balaban J connectivity index is 2.90. The molecule has 0 N–H and O–H groups in total. The molecular formula is C9H14N4. The summed E-state index contributed by atoms with van der Waals surface area (Å²) in [4.78, 5) is 0. The van der Waals surface area contributed by atoms with Gasteiger partial charge in [-0.15, -0.1) is 5.10 Å². The van der Waals surface area contributed by atoms with Crippen molar-refractivity contribution >= 4 is 0 Å². The average molecular weight is 178 g/mol. The molecule has 0 aliphatic heterocycles. The number of rotatable bonds is 4. The first-order chi connectivity index (χ1) is 6.33. The van der Waals surface area contributed by atoms with Gasteiger partial charge in [0.2, 0.25) is 0 Å². The van der Waals surface area contributed by atoms with Crippen LogP contribution in [-0.4, -0.2) is 15.0 Å². The Morgan fingerprint density at radius 3 is 2.77 bits per heavy atom. The van der Waals surface area contributed by atoms with E-state index in [9.17, 15) is 0 Å². The number of nitriles is 1. The van der Waals surface area contributed by atoms with E-state index in [-0.39, 0.29) is 0 Å². The van der Waals surface area contributed by atoms with Crippen molar-refractivity contribution < 1.29 is 0 Å². The molecule has 0 fully saturated rings. The maximum Gasteiger partial charge on any atom is 0.0999 e. The van der Waals surface area contributed by atoms with Crippen molar-refractivity contribution in [2.75, 3.05) is 0 Å². The molecule has 0 radical (unpaired) electrons. The fourth-order valence-electron chi connectivity index (χ4n) is 1.36. The summed E-state index contributed by atoms with van der Waals surface area (Å²) in [7, 11) is 0. The first-order valence-electron chi connectivity index (χ1n) is 4.61. The summed E-state index contributed by atoms with van der Waals surface area (Å²) in [6.07, 6.45) is 2.30. The van der Waals surface area contributed by atoms with Crippen molar-refractivity contribution in [1.82, 2.24) is 15.0 Å². The average Bonchev–Trinajstić information content (AvgIpc) is 2.49. The molecule has 1 heterocycles. The van der Waals surface area contributed by atoms with E-state index in [2.05, 4.69) is 30.2 Å². The minimum Gasteiger partial charge on any atom is -0.249 e. The summed E-state index contributed by atoms with van der Waals surface area (Å²) >= 11 is 0. The molecule has 0 spiro atoms. The third-order valence-corrected chi connectivity index (χ3v) is 1.93. The smallest absolute Gasteiger partial charge is 0.0999 e. The van der Waals surface area contributed by atoms with E-state index >= 15 is 0 Å². The van der Waals surface area contributed by atoms with E-state index in [0.717, 1.165) is 30.8 Å². The van der Waals surface area contributed by atoms with Crippen LogP contribution in [0.15, 0.2) is 0 Å². The van der Waals surface area contributed by atoms with Gasteiger partial charge in [-0.3, -0.25) is 0 Å². The van der Waals surface area contributed by atoms with E-state index in [0.29, 0.717) is 6.42 Å². The highest BCUT2D eigenvalue weighted by molar-refractivity contribution is 5.13. The van der Waals surface area contributed by atoms with Gasteiger partial charge in [0, 0.05) is 6.54 Å². The third-order valence-electron chi connectivity index (χ3n) is 1.93. The van der Waals surface area contributed by atoms with E-state index in [1.54, 1.807) is 0 Å². The topological polar surface area (TPSA) is 54.5 Å². The van der Waals surface area contributed by atoms with Gasteiger partial charge in [-0.1, -0.05) is 19.1 Å². The number of aryl methyl sites for hydroxylation is 1. The fourth-order valence-corrected chi connectivity index (χ4v) is 1.36. The minimum atomic E-state index is 0.368. The predicted octanol–water partition coefficient (Wildman–Crippen LogP) is 1.32. The molecule has 0 saturated heterocycles. The van der Waals surface area contributed by atoms with Crippen molar-refractivity contribution in [2.45, 2.75) is 39.7 Å². The second kappa shape index (κ2) is 4.61. The number of hydrogen-bond donors (Lipinski definition) is 0. The maximum atomic E-state index is 8.55. The Morgan fingerprint density at radius 1 is 1.46 bits per heavy atom. The Bertz CT molecular complexity index is 308. The molecule has 0 unspecified atom stereocenters. The van der Waals surface area contributed by atoms with Crippen LogP contribution in [-0.2, 0) is 19.4 Å². The number of hydrogen-bond acceptors (Lipinski definition) is 3. The highest BCUT2D eigenvalue weighted by atomic mass is 15.4. The minimum absolute atomic E-state index is 0.368. The molecule has 4 heteroatoms. The standard InChI is InChI=1S/C9H14N4/c1-3-7-13-9(4-2)8(5-6-10)11-12-13/h3-5,7H2,1-2H3. The van der Waals surface area contributed by atoms with Crippen molar-refractivity contribution in [2.24, 2.45) is 0 Å². The molecule has 0 aliphatic carbocycles. The quantitative estimate of drug-likeness (QED) is 0.698. The van der Waals surface area contributed by atoms with Crippen LogP contribution in [0.25, 0.3) is 0 Å². The second-order valence-electron chi connectivity index (χ2n) is 2.89. The summed E-state index contributed by atoms with van der Waals surface area (Å²) < 4.78 is 1.90. The van der Waals surface area contributed by atoms with Crippen molar-refractivity contribution in [3.8, 4) is 6.07 Å². The van der Waals surface area contributed by atoms with E-state index < -0.39 is 0 Å². The summed E-state index contributed by atoms with van der Waals surface area (Å²) in [6.45, 7) is 5.05. The lowest BCUT2D eigenvalue weighted by Gasteiger charge is -2.01. The van der Waals surface area contributed by atoms with Gasteiger partial charge in [0.05, 0.1) is 23.9 Å². The lowest BCUT2D eigenvalue weighted by molar-refractivity contribution is 0.558. The molecule has 70 valence electrons. The monoisotopic (exact) mass is 178 g/mol. The molecule has 1 rings (SSSR count). The van der Waals surface area contributed by atoms with Crippen LogP contribution >= 0.6 is 0 Å². The van der Waals surface area contributed by atoms with E-state index in [4.69, 9.17) is 5.26 Å². The molecule has 1 aromatic heterocycles. The zero-order valence-corrected chi connectivity index (χ0v) is 8.12. The molecule has 0 amide bonds. The molecule has 13 heavy (non-hydrogen) atoms. The third kappa shape index (κ3) is 2.05. The first-order valence-corrected chi connectivity index (χ1v) is 4.61. The molecule has 0 saturated carbocycles. The molecule has 1 aromatic rings. The van der Waals surface area contributed by atoms with E-state index in [1.807, 2.05) is 4.68 Å². The van der Waals surface area contributed by atoms with Gasteiger partial charge in [-0.05, 0) is 12.8 Å². The molecule has 0 aliphatic rings. The summed E-state index contributed by atoms with van der Waals surface area (Å²) in [6, 6.07) is 2.10. The summed E-state index contributed by atoms with van der Waals surface area (Å²) in [5.41, 5.74) is 1.93. The Kier molecular flexibility index (Phi) is 3.44. The zero-order chi connectivity index (χ0) is 9.68. The van der Waals surface area contributed by atoms with Crippen molar-refractivity contribution in [1.29, 1.82) is 5.26 Å². The molecule has 4 nitrogen and oxygen atoms in total. The van der Waals surface area contributed by atoms with Crippen molar-refractivity contribution in [3.05, 3.63) is 11.4 Å². The van der Waals surface area contributed by atoms with Crippen LogP contribution in [0.2, 0.25) is 0 Å². The summed E-state index contributed by atoms with van der Waals surface area (Å²) in [5.74, 6) is 0. The molecular weight excluding hydrogens is 164 g/mol. The van der Waals surface area contributed by atoms with Crippen LogP contribution in [0.3, 0.4) is 0 Å². The lowest BCUT2D eigenvalue weighted by Crippen LogP contribution is -2.04. The normalized spacial score (nSPS) is 9.92. The van der Waals surface area contributed by atoms with Gasteiger partial charge in [0.25, 0.3) is 0 Å². The second-order valence-corrected chi connectivity index (χ2v) is 2.89. The van der Waals surface area contributed by atoms with E-state index in [1.165, 1.54) is 0 Å². The van der Waals surface area contributed by atoms with Crippen molar-refractivity contribution in [3.63, 3.8) is 0 Å². The predicted molar refractivity (Wildman–Crippen MR) is 49.0 cm³/mol. The van der Waals surface area contributed by atoms with Crippen LogP contribution in [0.1, 0.15) is 31.7 Å². The number of nitrogens with zero attached hydrogens (tertiary/aromatic N) is 4. The Labute approximate surface area is 78.2 Å². The van der Waals surface area contributed by atoms with Gasteiger partial charge in [-0.2, -0.15) is 5.26 Å². The van der Waals surface area contributed by atoms with Gasteiger partial charge in [0.15, 0.2) is 0 Å². The Morgan fingerprint density at radius 2 is 2.23 bits per heavy atom. The zero-order valence-electron chi connectivity index (χ0n) is 8.12. The van der Waals surface area contributed by atoms with Crippen LogP contribution in [0, 0.1) is 11.3 Å².